The van der Waals surface area contributed by atoms with Crippen molar-refractivity contribution in [2.75, 3.05) is 25.4 Å². The van der Waals surface area contributed by atoms with Crippen LogP contribution in [0.4, 0.5) is 0 Å². The lowest BCUT2D eigenvalue weighted by molar-refractivity contribution is 0.242. The van der Waals surface area contributed by atoms with Crippen LogP contribution in [0, 0.1) is 0 Å². The molecule has 0 unspecified atom stereocenters. The Morgan fingerprint density at radius 1 is 1.16 bits per heavy atom. The maximum absolute atomic E-state index is 5.73. The van der Waals surface area contributed by atoms with Crippen LogP contribution in [0.25, 0.3) is 0 Å². The van der Waals surface area contributed by atoms with Gasteiger partial charge in [-0.3, -0.25) is 0 Å². The zero-order valence-corrected chi connectivity index (χ0v) is 12.2. The quantitative estimate of drug-likeness (QED) is 0.803. The van der Waals surface area contributed by atoms with Crippen LogP contribution in [-0.2, 0) is 6.54 Å². The van der Waals surface area contributed by atoms with Crippen molar-refractivity contribution in [2.45, 2.75) is 49.8 Å². The van der Waals surface area contributed by atoms with Gasteiger partial charge in [-0.1, -0.05) is 18.2 Å². The summed E-state index contributed by atoms with van der Waals surface area (Å²) in [6, 6.07) is 0.617. The van der Waals surface area contributed by atoms with E-state index in [1.165, 1.54) is 51.7 Å². The van der Waals surface area contributed by atoms with Gasteiger partial charge in [0.1, 0.15) is 5.82 Å². The first-order valence-electron chi connectivity index (χ1n) is 7.37. The first-order valence-corrected chi connectivity index (χ1v) is 8.36. The summed E-state index contributed by atoms with van der Waals surface area (Å²) >= 11 is 1.84. The Labute approximate surface area is 118 Å². The molecule has 1 aliphatic carbocycles. The molecule has 1 saturated heterocycles. The first-order chi connectivity index (χ1) is 9.38. The fraction of sp³-hybridized carbons (Fsp3) is 0.846. The summed E-state index contributed by atoms with van der Waals surface area (Å²) in [7, 11) is 0. The van der Waals surface area contributed by atoms with Crippen LogP contribution in [-0.4, -0.2) is 45.1 Å². The molecule has 2 heterocycles. The van der Waals surface area contributed by atoms with Crippen molar-refractivity contribution in [3.8, 4) is 0 Å². The molecular weight excluding hydrogens is 258 g/mol. The van der Waals surface area contributed by atoms with E-state index >= 15 is 0 Å². The number of hydrogen-bond donors (Lipinski definition) is 1. The second-order valence-corrected chi connectivity index (χ2v) is 6.52. The lowest BCUT2D eigenvalue weighted by atomic mass is 10.1. The summed E-state index contributed by atoms with van der Waals surface area (Å²) < 4.78 is 2.26. The number of thioether (sulfide) groups is 1. The molecule has 6 heteroatoms. The minimum absolute atomic E-state index is 0.496. The van der Waals surface area contributed by atoms with E-state index in [-0.39, 0.29) is 0 Å². The third-order valence-electron chi connectivity index (χ3n) is 3.92. The summed E-state index contributed by atoms with van der Waals surface area (Å²) in [6.45, 7) is 4.20. The van der Waals surface area contributed by atoms with E-state index in [0.29, 0.717) is 12.6 Å². The predicted octanol–water partition coefficient (Wildman–Crippen LogP) is 1.65. The molecule has 19 heavy (non-hydrogen) atoms. The van der Waals surface area contributed by atoms with Gasteiger partial charge in [-0.05, 0) is 38.8 Å². The summed E-state index contributed by atoms with van der Waals surface area (Å²) in [5, 5.41) is 9.59. The average molecular weight is 281 g/mol. The van der Waals surface area contributed by atoms with Gasteiger partial charge in [-0.2, -0.15) is 0 Å². The van der Waals surface area contributed by atoms with Crippen molar-refractivity contribution in [3.63, 3.8) is 0 Å². The van der Waals surface area contributed by atoms with Crippen LogP contribution in [0.5, 0.6) is 0 Å². The van der Waals surface area contributed by atoms with Crippen LogP contribution < -0.4 is 5.73 Å². The summed E-state index contributed by atoms with van der Waals surface area (Å²) in [6.07, 6.45) is 6.63. The molecule has 1 aliphatic heterocycles. The molecule has 2 N–H and O–H groups in total. The molecule has 0 radical (unpaired) electrons. The largest absolute Gasteiger partial charge is 0.324 e. The van der Waals surface area contributed by atoms with Crippen LogP contribution in [0.15, 0.2) is 5.16 Å². The topological polar surface area (TPSA) is 60.0 Å². The van der Waals surface area contributed by atoms with Crippen molar-refractivity contribution in [2.24, 2.45) is 5.73 Å². The number of nitrogens with zero attached hydrogens (tertiary/aromatic N) is 4. The van der Waals surface area contributed by atoms with Crippen LogP contribution in [0.2, 0.25) is 0 Å². The first kappa shape index (κ1) is 13.4. The third kappa shape index (κ3) is 3.30. The van der Waals surface area contributed by atoms with Crippen molar-refractivity contribution in [3.05, 3.63) is 5.82 Å². The van der Waals surface area contributed by atoms with Crippen molar-refractivity contribution in [1.29, 1.82) is 0 Å². The molecule has 106 valence electrons. The number of piperidine rings is 1. The van der Waals surface area contributed by atoms with Crippen LogP contribution >= 0.6 is 11.8 Å². The summed E-state index contributed by atoms with van der Waals surface area (Å²) in [5.74, 6) is 2.05. The molecule has 3 rings (SSSR count). The molecule has 0 bridgehead atoms. The lowest BCUT2D eigenvalue weighted by Gasteiger charge is -2.25. The van der Waals surface area contributed by atoms with Crippen molar-refractivity contribution >= 4 is 11.8 Å². The Balaban J connectivity index is 1.53. The standard InChI is InChI=1S/C13H23N5S/c14-10-12-15-16-13(18(12)11-4-5-11)19-9-8-17-6-2-1-3-7-17/h11H,1-10,14H2. The highest BCUT2D eigenvalue weighted by Gasteiger charge is 2.29. The Morgan fingerprint density at radius 2 is 1.95 bits per heavy atom. The number of likely N-dealkylation sites (tertiary alicyclic amines) is 1. The molecule has 1 saturated carbocycles. The predicted molar refractivity (Wildman–Crippen MR) is 77.2 cm³/mol. The number of rotatable bonds is 6. The van der Waals surface area contributed by atoms with Gasteiger partial charge >= 0.3 is 0 Å². The number of nitrogens with two attached hydrogens (primary N) is 1. The molecule has 1 aromatic rings. The summed E-state index contributed by atoms with van der Waals surface area (Å²) in [4.78, 5) is 2.57. The van der Waals surface area contributed by atoms with Gasteiger partial charge in [0.15, 0.2) is 5.16 Å². The van der Waals surface area contributed by atoms with Crippen LogP contribution in [0.3, 0.4) is 0 Å². The fourth-order valence-corrected chi connectivity index (χ4v) is 3.72. The van der Waals surface area contributed by atoms with Gasteiger partial charge in [0.2, 0.25) is 0 Å². The second kappa shape index (κ2) is 6.24. The Bertz CT molecular complexity index is 409. The van der Waals surface area contributed by atoms with Gasteiger partial charge < -0.3 is 15.2 Å². The monoisotopic (exact) mass is 281 g/mol. The second-order valence-electron chi connectivity index (χ2n) is 5.45. The maximum atomic E-state index is 5.73. The minimum Gasteiger partial charge on any atom is -0.324 e. The van der Waals surface area contributed by atoms with Gasteiger partial charge in [-0.25, -0.2) is 0 Å². The van der Waals surface area contributed by atoms with Gasteiger partial charge in [0, 0.05) is 18.3 Å². The molecule has 0 amide bonds. The molecule has 1 aromatic heterocycles. The van der Waals surface area contributed by atoms with E-state index in [1.54, 1.807) is 0 Å². The van der Waals surface area contributed by atoms with E-state index in [0.717, 1.165) is 16.7 Å². The smallest absolute Gasteiger partial charge is 0.191 e. The molecule has 0 spiro atoms. The third-order valence-corrected chi connectivity index (χ3v) is 4.84. The van der Waals surface area contributed by atoms with E-state index < -0.39 is 0 Å². The lowest BCUT2D eigenvalue weighted by Crippen LogP contribution is -2.31. The van der Waals surface area contributed by atoms with Crippen molar-refractivity contribution in [1.82, 2.24) is 19.7 Å². The van der Waals surface area contributed by atoms with Crippen LogP contribution in [0.1, 0.15) is 44.0 Å². The Hall–Kier alpha value is -0.590. The van der Waals surface area contributed by atoms with Crippen molar-refractivity contribution < 1.29 is 0 Å². The zero-order valence-electron chi connectivity index (χ0n) is 11.4. The highest BCUT2D eigenvalue weighted by Crippen LogP contribution is 2.38. The Kier molecular flexibility index (Phi) is 4.40. The van der Waals surface area contributed by atoms with E-state index in [2.05, 4.69) is 19.7 Å². The van der Waals surface area contributed by atoms with E-state index in [4.69, 9.17) is 5.73 Å². The Morgan fingerprint density at radius 3 is 2.63 bits per heavy atom. The highest BCUT2D eigenvalue weighted by atomic mass is 32.2. The number of aromatic nitrogens is 3. The number of hydrogen-bond acceptors (Lipinski definition) is 5. The van der Waals surface area contributed by atoms with E-state index in [9.17, 15) is 0 Å². The minimum atomic E-state index is 0.496. The highest BCUT2D eigenvalue weighted by molar-refractivity contribution is 7.99. The SMILES string of the molecule is NCc1nnc(SCCN2CCCCC2)n1C1CC1. The molecule has 2 aliphatic rings. The van der Waals surface area contributed by atoms with Gasteiger partial charge in [0.25, 0.3) is 0 Å². The molecule has 0 atom stereocenters. The average Bonchev–Trinajstić information content (AvgIpc) is 3.21. The molecule has 5 nitrogen and oxygen atoms in total. The van der Waals surface area contributed by atoms with Gasteiger partial charge in [-0.15, -0.1) is 10.2 Å². The molecular formula is C13H23N5S. The molecule has 2 fully saturated rings. The fourth-order valence-electron chi connectivity index (χ4n) is 2.69. The zero-order chi connectivity index (χ0) is 13.1. The normalized spacial score (nSPS) is 20.9. The maximum Gasteiger partial charge on any atom is 0.191 e. The summed E-state index contributed by atoms with van der Waals surface area (Å²) in [5.41, 5.74) is 5.73. The van der Waals surface area contributed by atoms with Gasteiger partial charge in [0.05, 0.1) is 6.54 Å². The van der Waals surface area contributed by atoms with E-state index in [1.807, 2.05) is 11.8 Å². The molecule has 0 aromatic carbocycles.